The molecule has 0 unspecified atom stereocenters. The van der Waals surface area contributed by atoms with Crippen molar-refractivity contribution in [1.29, 1.82) is 0 Å². The number of nitrogens with zero attached hydrogens (tertiary/aromatic N) is 2. The normalized spacial score (nSPS) is 30.4. The standard InChI is InChI=1S/C31H23ClN2O3S2/c32-17-11-13-19(14-12-17)33-28(35)24-20-15-21(25(24)29(33)36)26-23(20)22(16-7-3-1-4-8-16)27-30(38-26)34(31(37)39-27)18-9-5-2-6-10-18/h1-14,20-26H,15H2/t20-,21+,22+,23+,24+,25+,26-/m0/s1. The molecule has 2 saturated carbocycles. The lowest BCUT2D eigenvalue weighted by atomic mass is 9.68. The average Bonchev–Trinajstić information content (AvgIpc) is 3.68. The van der Waals surface area contributed by atoms with E-state index in [1.165, 1.54) is 21.8 Å². The molecule has 8 heteroatoms. The minimum atomic E-state index is -0.319. The highest BCUT2D eigenvalue weighted by molar-refractivity contribution is 8.00. The Kier molecular flexibility index (Phi) is 5.28. The Morgan fingerprint density at radius 1 is 0.744 bits per heavy atom. The number of rotatable bonds is 3. The molecule has 7 atom stereocenters. The molecule has 3 aromatic carbocycles. The Bertz CT molecular complexity index is 1680. The summed E-state index contributed by atoms with van der Waals surface area (Å²) in [5.41, 5.74) is 2.63. The molecule has 2 amide bonds. The van der Waals surface area contributed by atoms with Gasteiger partial charge in [-0.2, -0.15) is 0 Å². The number of halogens is 1. The monoisotopic (exact) mass is 570 g/mol. The third-order valence-corrected chi connectivity index (χ3v) is 12.1. The number of benzene rings is 3. The molecule has 3 fully saturated rings. The maximum Gasteiger partial charge on any atom is 0.312 e. The highest BCUT2D eigenvalue weighted by atomic mass is 35.5. The molecule has 194 valence electrons. The Balaban J connectivity index is 1.26. The molecule has 39 heavy (non-hydrogen) atoms. The second-order valence-electron chi connectivity index (χ2n) is 10.9. The van der Waals surface area contributed by atoms with Crippen molar-refractivity contribution in [2.45, 2.75) is 22.6 Å². The van der Waals surface area contributed by atoms with Crippen LogP contribution in [-0.2, 0) is 9.59 Å². The lowest BCUT2D eigenvalue weighted by molar-refractivity contribution is -0.123. The van der Waals surface area contributed by atoms with E-state index in [4.69, 9.17) is 11.6 Å². The van der Waals surface area contributed by atoms with E-state index in [0.717, 1.165) is 22.0 Å². The van der Waals surface area contributed by atoms with Gasteiger partial charge in [-0.3, -0.25) is 23.9 Å². The van der Waals surface area contributed by atoms with Gasteiger partial charge in [0.15, 0.2) is 0 Å². The van der Waals surface area contributed by atoms with E-state index in [9.17, 15) is 14.4 Å². The van der Waals surface area contributed by atoms with Crippen LogP contribution < -0.4 is 9.77 Å². The van der Waals surface area contributed by atoms with Crippen molar-refractivity contribution in [2.24, 2.45) is 29.6 Å². The summed E-state index contributed by atoms with van der Waals surface area (Å²) < 4.78 is 1.85. The first kappa shape index (κ1) is 23.7. The van der Waals surface area contributed by atoms with Crippen molar-refractivity contribution in [2.75, 3.05) is 4.90 Å². The van der Waals surface area contributed by atoms with Crippen molar-refractivity contribution < 1.29 is 9.59 Å². The van der Waals surface area contributed by atoms with Gasteiger partial charge in [-0.15, -0.1) is 11.8 Å². The number of fused-ring (bicyclic) bond motifs is 9. The zero-order valence-electron chi connectivity index (χ0n) is 20.6. The van der Waals surface area contributed by atoms with Crippen LogP contribution in [0.25, 0.3) is 5.69 Å². The van der Waals surface area contributed by atoms with Gasteiger partial charge in [-0.05, 0) is 66.1 Å². The van der Waals surface area contributed by atoms with Crippen molar-refractivity contribution in [3.8, 4) is 5.69 Å². The van der Waals surface area contributed by atoms with Gasteiger partial charge >= 0.3 is 4.87 Å². The second kappa shape index (κ2) is 8.68. The summed E-state index contributed by atoms with van der Waals surface area (Å²) in [6.45, 7) is 0. The molecule has 2 aliphatic carbocycles. The van der Waals surface area contributed by atoms with E-state index in [1.54, 1.807) is 36.0 Å². The molecule has 2 aliphatic heterocycles. The fraction of sp³-hybridized carbons (Fsp3) is 0.258. The number of thiazole rings is 1. The lowest BCUT2D eigenvalue weighted by Crippen LogP contribution is -2.43. The molecule has 4 aliphatic rings. The number of imide groups is 1. The maximum atomic E-state index is 13.9. The zero-order chi connectivity index (χ0) is 26.4. The van der Waals surface area contributed by atoms with Gasteiger partial charge in [-0.25, -0.2) is 0 Å². The summed E-state index contributed by atoms with van der Waals surface area (Å²) in [5, 5.41) is 1.71. The van der Waals surface area contributed by atoms with Crippen molar-refractivity contribution >= 4 is 52.2 Å². The van der Waals surface area contributed by atoms with Crippen molar-refractivity contribution in [3.05, 3.63) is 110 Å². The first-order valence-electron chi connectivity index (χ1n) is 13.2. The number of hydrogen-bond acceptors (Lipinski definition) is 5. The molecule has 8 rings (SSSR count). The SMILES string of the molecule is O=C1[C@@H]2[C@H]3C[C@@H]([C@@H]4Sc5c(sc(=O)n5-c5ccccc5)[C@H](c5ccccc5)[C@@H]34)[C@H]2C(=O)N1c1ccc(Cl)cc1. The molecule has 4 aromatic rings. The Hall–Kier alpha value is -3.13. The average molecular weight is 571 g/mol. The fourth-order valence-corrected chi connectivity index (χ4v) is 11.0. The van der Waals surface area contributed by atoms with Crippen LogP contribution in [0.3, 0.4) is 0 Å². The van der Waals surface area contributed by atoms with Crippen LogP contribution in [0.4, 0.5) is 5.69 Å². The molecule has 1 saturated heterocycles. The number of amides is 2. The number of para-hydroxylation sites is 1. The van der Waals surface area contributed by atoms with E-state index in [0.29, 0.717) is 10.7 Å². The van der Waals surface area contributed by atoms with Crippen molar-refractivity contribution in [1.82, 2.24) is 4.57 Å². The first-order valence-corrected chi connectivity index (χ1v) is 15.3. The molecule has 0 N–H and O–H groups in total. The molecule has 1 aromatic heterocycles. The van der Waals surface area contributed by atoms with Crippen LogP contribution in [0.15, 0.2) is 94.7 Å². The number of carbonyl (C=O) groups excluding carboxylic acids is 2. The molecule has 5 nitrogen and oxygen atoms in total. The maximum absolute atomic E-state index is 13.9. The predicted molar refractivity (Wildman–Crippen MR) is 154 cm³/mol. The summed E-state index contributed by atoms with van der Waals surface area (Å²) in [5.74, 6) is -0.447. The topological polar surface area (TPSA) is 59.4 Å². The summed E-state index contributed by atoms with van der Waals surface area (Å²) in [4.78, 5) is 43.7. The number of aromatic nitrogens is 1. The van der Waals surface area contributed by atoms with Gasteiger partial charge in [0, 0.05) is 21.1 Å². The minimum absolute atomic E-state index is 0.00760. The molecule has 0 spiro atoms. The van der Waals surface area contributed by atoms with Crippen LogP contribution in [0.2, 0.25) is 5.02 Å². The lowest BCUT2D eigenvalue weighted by Gasteiger charge is -2.43. The number of thioether (sulfide) groups is 1. The Labute approximate surface area is 238 Å². The first-order chi connectivity index (χ1) is 19.0. The summed E-state index contributed by atoms with van der Waals surface area (Å²) in [6, 6.07) is 27.1. The highest BCUT2D eigenvalue weighted by Crippen LogP contribution is 2.69. The zero-order valence-corrected chi connectivity index (χ0v) is 23.0. The van der Waals surface area contributed by atoms with Crippen LogP contribution in [0.5, 0.6) is 0 Å². The van der Waals surface area contributed by atoms with Crippen LogP contribution in [0.1, 0.15) is 22.8 Å². The number of hydrogen-bond donors (Lipinski definition) is 0. The van der Waals surface area contributed by atoms with Gasteiger partial charge in [-0.1, -0.05) is 71.5 Å². The largest absolute Gasteiger partial charge is 0.312 e. The van der Waals surface area contributed by atoms with Gasteiger partial charge in [0.05, 0.1) is 28.2 Å². The highest BCUT2D eigenvalue weighted by Gasteiger charge is 2.69. The van der Waals surface area contributed by atoms with E-state index >= 15 is 0 Å². The van der Waals surface area contributed by atoms with Crippen LogP contribution in [0, 0.1) is 29.6 Å². The third-order valence-electron chi connectivity index (χ3n) is 9.13. The van der Waals surface area contributed by atoms with Gasteiger partial charge < -0.3 is 0 Å². The van der Waals surface area contributed by atoms with E-state index < -0.39 is 0 Å². The predicted octanol–water partition coefficient (Wildman–Crippen LogP) is 6.23. The summed E-state index contributed by atoms with van der Waals surface area (Å²) >= 11 is 9.17. The molecule has 0 radical (unpaired) electrons. The quantitative estimate of drug-likeness (QED) is 0.274. The molecule has 3 heterocycles. The van der Waals surface area contributed by atoms with Crippen LogP contribution in [-0.4, -0.2) is 21.6 Å². The van der Waals surface area contributed by atoms with Crippen molar-refractivity contribution in [3.63, 3.8) is 0 Å². The van der Waals surface area contributed by atoms with E-state index in [-0.39, 0.29) is 57.4 Å². The third kappa shape index (κ3) is 3.30. The van der Waals surface area contributed by atoms with E-state index in [1.807, 2.05) is 53.1 Å². The smallest absolute Gasteiger partial charge is 0.274 e. The fourth-order valence-electron chi connectivity index (χ4n) is 7.75. The van der Waals surface area contributed by atoms with Gasteiger partial charge in [0.2, 0.25) is 11.8 Å². The number of carbonyl (C=O) groups is 2. The summed E-state index contributed by atoms with van der Waals surface area (Å²) in [6.07, 6.45) is 0.872. The van der Waals surface area contributed by atoms with E-state index in [2.05, 4.69) is 12.1 Å². The Morgan fingerprint density at radius 3 is 2.08 bits per heavy atom. The van der Waals surface area contributed by atoms with Gasteiger partial charge in [0.25, 0.3) is 0 Å². The second-order valence-corrected chi connectivity index (χ2v) is 13.5. The number of anilines is 1. The minimum Gasteiger partial charge on any atom is -0.274 e. The summed E-state index contributed by atoms with van der Waals surface area (Å²) in [7, 11) is 0. The van der Waals surface area contributed by atoms with Gasteiger partial charge in [0.1, 0.15) is 0 Å². The molecule has 2 bridgehead atoms. The Morgan fingerprint density at radius 2 is 1.38 bits per heavy atom. The van der Waals surface area contributed by atoms with Crippen LogP contribution >= 0.6 is 34.7 Å². The molecular formula is C31H23ClN2O3S2. The molecular weight excluding hydrogens is 548 g/mol.